The van der Waals surface area contributed by atoms with E-state index in [9.17, 15) is 0 Å². The summed E-state index contributed by atoms with van der Waals surface area (Å²) in [5.74, 6) is 0.965. The van der Waals surface area contributed by atoms with Gasteiger partial charge in [0.1, 0.15) is 5.52 Å². The number of nitrogens with zero attached hydrogens (tertiary/aromatic N) is 3. The minimum Gasteiger partial charge on any atom is -0.366 e. The van der Waals surface area contributed by atoms with E-state index in [0.717, 1.165) is 11.3 Å². The van der Waals surface area contributed by atoms with E-state index in [-0.39, 0.29) is 0 Å². The highest BCUT2D eigenvalue weighted by molar-refractivity contribution is 5.67. The molecule has 0 radical (unpaired) electrons. The summed E-state index contributed by atoms with van der Waals surface area (Å²) >= 11 is 0. The van der Waals surface area contributed by atoms with Gasteiger partial charge in [0.15, 0.2) is 5.82 Å². The molecular formula is C12H16N4. The lowest BCUT2D eigenvalue weighted by Crippen LogP contribution is -2.23. The summed E-state index contributed by atoms with van der Waals surface area (Å²) in [4.78, 5) is 4.40. The van der Waals surface area contributed by atoms with Gasteiger partial charge in [-0.1, -0.05) is 19.3 Å². The van der Waals surface area contributed by atoms with Crippen LogP contribution in [0.1, 0.15) is 32.1 Å². The minimum absolute atomic E-state index is 0.586. The average Bonchev–Trinajstić information content (AvgIpc) is 2.80. The first-order valence-electron chi connectivity index (χ1n) is 5.98. The molecule has 0 saturated heterocycles. The van der Waals surface area contributed by atoms with E-state index < -0.39 is 0 Å². The molecule has 0 amide bonds. The van der Waals surface area contributed by atoms with Crippen LogP contribution >= 0.6 is 0 Å². The number of nitrogens with one attached hydrogen (secondary N) is 1. The van der Waals surface area contributed by atoms with Crippen LogP contribution in [-0.2, 0) is 0 Å². The molecule has 0 unspecified atom stereocenters. The standard InChI is InChI=1S/C12H16N4/c1-2-4-10(5-3-1)15-12-11-6-7-14-16(11)9-8-13-12/h6-10H,1-5H2,(H,13,15). The third kappa shape index (κ3) is 1.75. The summed E-state index contributed by atoms with van der Waals surface area (Å²) in [6, 6.07) is 2.58. The van der Waals surface area contributed by atoms with E-state index >= 15 is 0 Å². The first-order valence-corrected chi connectivity index (χ1v) is 5.98. The van der Waals surface area contributed by atoms with Crippen molar-refractivity contribution < 1.29 is 0 Å². The second-order valence-electron chi connectivity index (χ2n) is 4.42. The molecular weight excluding hydrogens is 200 g/mol. The van der Waals surface area contributed by atoms with Gasteiger partial charge in [-0.25, -0.2) is 9.50 Å². The second kappa shape index (κ2) is 4.12. The Morgan fingerprint density at radius 1 is 1.19 bits per heavy atom. The molecule has 2 aromatic rings. The summed E-state index contributed by atoms with van der Waals surface area (Å²) in [5.41, 5.74) is 1.06. The summed E-state index contributed by atoms with van der Waals surface area (Å²) in [5, 5.41) is 7.75. The van der Waals surface area contributed by atoms with Crippen molar-refractivity contribution >= 4 is 11.3 Å². The molecule has 1 fully saturated rings. The molecule has 16 heavy (non-hydrogen) atoms. The van der Waals surface area contributed by atoms with Crippen LogP contribution in [0.3, 0.4) is 0 Å². The quantitative estimate of drug-likeness (QED) is 0.838. The lowest BCUT2D eigenvalue weighted by Gasteiger charge is -2.23. The van der Waals surface area contributed by atoms with Crippen LogP contribution < -0.4 is 5.32 Å². The van der Waals surface area contributed by atoms with Crippen molar-refractivity contribution in [2.75, 3.05) is 5.32 Å². The van der Waals surface area contributed by atoms with Crippen molar-refractivity contribution in [3.05, 3.63) is 24.7 Å². The molecule has 0 aromatic carbocycles. The molecule has 0 bridgehead atoms. The van der Waals surface area contributed by atoms with Gasteiger partial charge in [0.25, 0.3) is 0 Å². The smallest absolute Gasteiger partial charge is 0.152 e. The Morgan fingerprint density at radius 2 is 2.06 bits per heavy atom. The van der Waals surface area contributed by atoms with Gasteiger partial charge in [0.05, 0.1) is 6.20 Å². The maximum absolute atomic E-state index is 4.40. The van der Waals surface area contributed by atoms with E-state index in [2.05, 4.69) is 15.4 Å². The molecule has 84 valence electrons. The highest BCUT2D eigenvalue weighted by Gasteiger charge is 2.14. The molecule has 1 aliphatic carbocycles. The van der Waals surface area contributed by atoms with Gasteiger partial charge in [0.2, 0.25) is 0 Å². The van der Waals surface area contributed by atoms with Gasteiger partial charge in [-0.3, -0.25) is 0 Å². The van der Waals surface area contributed by atoms with Gasteiger partial charge in [0, 0.05) is 18.4 Å². The van der Waals surface area contributed by atoms with Crippen LogP contribution in [0.15, 0.2) is 24.7 Å². The SMILES string of the molecule is c1cn2nccc2c(NC2CCCCC2)n1. The van der Waals surface area contributed by atoms with Crippen molar-refractivity contribution in [2.24, 2.45) is 0 Å². The number of fused-ring (bicyclic) bond motifs is 1. The zero-order valence-electron chi connectivity index (χ0n) is 9.26. The Balaban J connectivity index is 1.85. The summed E-state index contributed by atoms with van der Waals surface area (Å²) in [6.45, 7) is 0. The molecule has 4 nitrogen and oxygen atoms in total. The summed E-state index contributed by atoms with van der Waals surface area (Å²) in [7, 11) is 0. The van der Waals surface area contributed by atoms with E-state index in [1.165, 1.54) is 32.1 Å². The van der Waals surface area contributed by atoms with Crippen LogP contribution in [0.25, 0.3) is 5.52 Å². The van der Waals surface area contributed by atoms with Gasteiger partial charge in [-0.15, -0.1) is 0 Å². The highest BCUT2D eigenvalue weighted by Crippen LogP contribution is 2.22. The normalized spacial score (nSPS) is 17.8. The molecule has 4 heteroatoms. The van der Waals surface area contributed by atoms with Gasteiger partial charge in [-0.05, 0) is 18.9 Å². The van der Waals surface area contributed by atoms with E-state index in [1.54, 1.807) is 6.20 Å². The predicted molar refractivity (Wildman–Crippen MR) is 63.5 cm³/mol. The third-order valence-electron chi connectivity index (χ3n) is 3.27. The molecule has 3 rings (SSSR count). The predicted octanol–water partition coefficient (Wildman–Crippen LogP) is 2.47. The van der Waals surface area contributed by atoms with Crippen molar-refractivity contribution in [1.82, 2.24) is 14.6 Å². The zero-order chi connectivity index (χ0) is 10.8. The van der Waals surface area contributed by atoms with E-state index in [0.29, 0.717) is 6.04 Å². The Morgan fingerprint density at radius 3 is 2.94 bits per heavy atom. The number of hydrogen-bond donors (Lipinski definition) is 1. The monoisotopic (exact) mass is 216 g/mol. The largest absolute Gasteiger partial charge is 0.366 e. The molecule has 1 aliphatic rings. The maximum Gasteiger partial charge on any atom is 0.152 e. The number of aromatic nitrogens is 3. The third-order valence-corrected chi connectivity index (χ3v) is 3.27. The molecule has 0 atom stereocenters. The first kappa shape index (κ1) is 9.63. The summed E-state index contributed by atoms with van der Waals surface area (Å²) < 4.78 is 1.86. The first-order chi connectivity index (χ1) is 7.93. The fraction of sp³-hybridized carbons (Fsp3) is 0.500. The molecule has 2 aromatic heterocycles. The van der Waals surface area contributed by atoms with E-state index in [4.69, 9.17) is 0 Å². The van der Waals surface area contributed by atoms with Crippen molar-refractivity contribution in [2.45, 2.75) is 38.1 Å². The van der Waals surface area contributed by atoms with Crippen LogP contribution in [0.4, 0.5) is 5.82 Å². The van der Waals surface area contributed by atoms with Crippen LogP contribution in [-0.4, -0.2) is 20.6 Å². The Hall–Kier alpha value is -1.58. The lowest BCUT2D eigenvalue weighted by atomic mass is 9.95. The molecule has 1 saturated carbocycles. The Bertz CT molecular complexity index is 471. The van der Waals surface area contributed by atoms with Crippen molar-refractivity contribution in [3.63, 3.8) is 0 Å². The number of anilines is 1. The van der Waals surface area contributed by atoms with Crippen LogP contribution in [0.2, 0.25) is 0 Å². The fourth-order valence-corrected chi connectivity index (χ4v) is 2.41. The molecule has 0 aliphatic heterocycles. The minimum atomic E-state index is 0.586. The lowest BCUT2D eigenvalue weighted by molar-refractivity contribution is 0.462. The number of rotatable bonds is 2. The Kier molecular flexibility index (Phi) is 2.48. The van der Waals surface area contributed by atoms with Crippen molar-refractivity contribution in [3.8, 4) is 0 Å². The molecule has 0 spiro atoms. The van der Waals surface area contributed by atoms with Crippen LogP contribution in [0.5, 0.6) is 0 Å². The topological polar surface area (TPSA) is 42.2 Å². The second-order valence-corrected chi connectivity index (χ2v) is 4.42. The average molecular weight is 216 g/mol. The maximum atomic E-state index is 4.40. The molecule has 2 heterocycles. The number of hydrogen-bond acceptors (Lipinski definition) is 3. The summed E-state index contributed by atoms with van der Waals surface area (Å²) in [6.07, 6.45) is 12.0. The molecule has 1 N–H and O–H groups in total. The fourth-order valence-electron chi connectivity index (χ4n) is 2.41. The van der Waals surface area contributed by atoms with E-state index in [1.807, 2.05) is 23.0 Å². The zero-order valence-corrected chi connectivity index (χ0v) is 9.26. The van der Waals surface area contributed by atoms with Gasteiger partial charge < -0.3 is 5.32 Å². The Labute approximate surface area is 94.7 Å². The highest BCUT2D eigenvalue weighted by atomic mass is 15.2. The van der Waals surface area contributed by atoms with Gasteiger partial charge in [-0.2, -0.15) is 5.10 Å². The van der Waals surface area contributed by atoms with Crippen molar-refractivity contribution in [1.29, 1.82) is 0 Å². The van der Waals surface area contributed by atoms with Crippen LogP contribution in [0, 0.1) is 0 Å². The van der Waals surface area contributed by atoms with Gasteiger partial charge >= 0.3 is 0 Å².